The van der Waals surface area contributed by atoms with Crippen molar-refractivity contribution in [1.29, 1.82) is 0 Å². The lowest BCUT2D eigenvalue weighted by Crippen LogP contribution is -2.34. The van der Waals surface area contributed by atoms with Crippen LogP contribution in [0.25, 0.3) is 22.3 Å². The second kappa shape index (κ2) is 6.78. The van der Waals surface area contributed by atoms with Crippen LogP contribution in [0, 0.1) is 0 Å². The Hall–Kier alpha value is -2.45. The molecule has 7 heteroatoms. The third-order valence-electron chi connectivity index (χ3n) is 6.66. The van der Waals surface area contributed by atoms with E-state index in [9.17, 15) is 10.2 Å². The second-order valence-electron chi connectivity index (χ2n) is 8.60. The summed E-state index contributed by atoms with van der Waals surface area (Å²) >= 11 is 0. The van der Waals surface area contributed by atoms with Crippen molar-refractivity contribution in [3.8, 4) is 17.1 Å². The lowest BCUT2D eigenvalue weighted by atomic mass is 9.95. The van der Waals surface area contributed by atoms with E-state index in [4.69, 9.17) is 19.2 Å². The maximum Gasteiger partial charge on any atom is 0.193 e. The summed E-state index contributed by atoms with van der Waals surface area (Å²) in [6.07, 6.45) is 0.698. The van der Waals surface area contributed by atoms with E-state index in [0.717, 1.165) is 35.1 Å². The fourth-order valence-electron chi connectivity index (χ4n) is 4.60. The molecule has 1 aliphatic carbocycles. The molecule has 0 bridgehead atoms. The van der Waals surface area contributed by atoms with E-state index < -0.39 is 6.10 Å². The Morgan fingerprint density at radius 3 is 2.63 bits per heavy atom. The summed E-state index contributed by atoms with van der Waals surface area (Å²) in [5.74, 6) is 0.614. The Morgan fingerprint density at radius 1 is 1.07 bits per heavy atom. The Morgan fingerprint density at radius 2 is 1.87 bits per heavy atom. The van der Waals surface area contributed by atoms with Crippen LogP contribution in [-0.2, 0) is 14.9 Å². The summed E-state index contributed by atoms with van der Waals surface area (Å²) in [6, 6.07) is 14.3. The number of aliphatic hydroxyl groups is 2. The average Bonchev–Trinajstić information content (AvgIpc) is 3.10. The number of rotatable bonds is 5. The molecule has 30 heavy (non-hydrogen) atoms. The van der Waals surface area contributed by atoms with E-state index in [1.54, 1.807) is 0 Å². The highest BCUT2D eigenvalue weighted by atomic mass is 16.6. The molecule has 3 fully saturated rings. The van der Waals surface area contributed by atoms with Gasteiger partial charge in [-0.25, -0.2) is 4.98 Å². The van der Waals surface area contributed by atoms with E-state index >= 15 is 0 Å². The van der Waals surface area contributed by atoms with Crippen LogP contribution in [0.2, 0.25) is 0 Å². The van der Waals surface area contributed by atoms with Gasteiger partial charge in [-0.2, -0.15) is 0 Å². The van der Waals surface area contributed by atoms with Gasteiger partial charge in [0, 0.05) is 22.4 Å². The minimum Gasteiger partial charge on any atom is -0.470 e. The molecule has 2 aromatic heterocycles. The number of pyridine rings is 1. The molecule has 2 aliphatic heterocycles. The van der Waals surface area contributed by atoms with Crippen molar-refractivity contribution < 1.29 is 24.4 Å². The van der Waals surface area contributed by atoms with Gasteiger partial charge in [-0.15, -0.1) is 0 Å². The highest BCUT2D eigenvalue weighted by Gasteiger charge is 2.48. The molecule has 6 rings (SSSR count). The normalized spacial score (nSPS) is 29.3. The zero-order valence-corrected chi connectivity index (χ0v) is 16.5. The van der Waals surface area contributed by atoms with E-state index in [1.165, 1.54) is 5.56 Å². The first-order valence-electron chi connectivity index (χ1n) is 10.4. The minimum absolute atomic E-state index is 0.0242. The van der Waals surface area contributed by atoms with Crippen molar-refractivity contribution in [2.45, 2.75) is 42.7 Å². The van der Waals surface area contributed by atoms with Crippen LogP contribution in [0.5, 0.6) is 5.88 Å². The molecule has 4 unspecified atom stereocenters. The first-order chi connectivity index (χ1) is 14.6. The molecule has 1 saturated carbocycles. The van der Waals surface area contributed by atoms with Gasteiger partial charge in [-0.3, -0.25) is 0 Å². The van der Waals surface area contributed by atoms with Crippen LogP contribution in [0.3, 0.4) is 0 Å². The number of benzene rings is 1. The van der Waals surface area contributed by atoms with E-state index in [1.807, 2.05) is 18.2 Å². The molecule has 4 heterocycles. The Labute approximate surface area is 173 Å². The monoisotopic (exact) mass is 408 g/mol. The molecular formula is C23H24N2O5. The predicted octanol–water partition coefficient (Wildman–Crippen LogP) is 2.16. The van der Waals surface area contributed by atoms with Gasteiger partial charge in [-0.05, 0) is 30.5 Å². The van der Waals surface area contributed by atoms with Gasteiger partial charge in [0.05, 0.1) is 25.5 Å². The van der Waals surface area contributed by atoms with E-state index in [0.29, 0.717) is 12.5 Å². The van der Waals surface area contributed by atoms with Crippen LogP contribution in [0.4, 0.5) is 0 Å². The quantitative estimate of drug-likeness (QED) is 0.599. The number of aromatic amines is 1. The molecule has 3 aromatic rings. The van der Waals surface area contributed by atoms with Crippen LogP contribution >= 0.6 is 0 Å². The van der Waals surface area contributed by atoms with Crippen LogP contribution < -0.4 is 4.74 Å². The average molecular weight is 408 g/mol. The van der Waals surface area contributed by atoms with Crippen LogP contribution in [0.15, 0.2) is 42.5 Å². The van der Waals surface area contributed by atoms with Crippen molar-refractivity contribution >= 4 is 11.0 Å². The molecule has 7 nitrogen and oxygen atoms in total. The maximum absolute atomic E-state index is 9.88. The third kappa shape index (κ3) is 2.93. The molecule has 1 aromatic carbocycles. The van der Waals surface area contributed by atoms with E-state index in [2.05, 4.69) is 29.2 Å². The number of hydrogen-bond donors (Lipinski definition) is 3. The van der Waals surface area contributed by atoms with Gasteiger partial charge < -0.3 is 29.4 Å². The first kappa shape index (κ1) is 18.3. The molecule has 156 valence electrons. The number of aromatic nitrogens is 2. The fraction of sp³-hybridized carbons (Fsp3) is 0.435. The first-order valence-corrected chi connectivity index (χ1v) is 10.4. The van der Waals surface area contributed by atoms with Crippen molar-refractivity contribution in [2.75, 3.05) is 19.8 Å². The molecule has 0 amide bonds. The third-order valence-corrected chi connectivity index (χ3v) is 6.66. The SMILES string of the molecule is OCC1(c2ccc(-c3ccc4cc(OC5COC6C(O)COC56)[nH]c4n3)cc2)CC1. The Balaban J connectivity index is 1.22. The number of fused-ring (bicyclic) bond motifs is 2. The van der Waals surface area contributed by atoms with Gasteiger partial charge in [0.25, 0.3) is 0 Å². The predicted molar refractivity (Wildman–Crippen MR) is 109 cm³/mol. The summed E-state index contributed by atoms with van der Waals surface area (Å²) in [4.78, 5) is 8.00. The summed E-state index contributed by atoms with van der Waals surface area (Å²) in [5.41, 5.74) is 3.84. The number of nitrogens with one attached hydrogen (secondary N) is 1. The number of H-pyrrole nitrogens is 1. The largest absolute Gasteiger partial charge is 0.470 e. The highest BCUT2D eigenvalue weighted by Crippen LogP contribution is 2.47. The molecule has 2 saturated heterocycles. The topological polar surface area (TPSA) is 96.8 Å². The standard InChI is InChI=1S/C23H24N2O5/c26-12-23(7-8-23)15-4-1-13(2-5-15)16-6-3-14-9-19(25-22(14)24-16)30-18-11-29-20-17(27)10-28-21(18)20/h1-6,9,17-18,20-21,26-27H,7-8,10-12H2,(H,24,25). The number of hydrogen-bond acceptors (Lipinski definition) is 6. The lowest BCUT2D eigenvalue weighted by molar-refractivity contribution is 0.00794. The molecular weight excluding hydrogens is 384 g/mol. The minimum atomic E-state index is -0.589. The molecule has 3 N–H and O–H groups in total. The summed E-state index contributed by atoms with van der Waals surface area (Å²) < 4.78 is 17.3. The van der Waals surface area contributed by atoms with Crippen molar-refractivity contribution in [3.05, 3.63) is 48.0 Å². The van der Waals surface area contributed by atoms with E-state index in [-0.39, 0.29) is 36.9 Å². The molecule has 0 spiro atoms. The second-order valence-corrected chi connectivity index (χ2v) is 8.60. The van der Waals surface area contributed by atoms with Crippen molar-refractivity contribution in [3.63, 3.8) is 0 Å². The summed E-state index contributed by atoms with van der Waals surface area (Å²) in [6.45, 7) is 0.882. The summed E-state index contributed by atoms with van der Waals surface area (Å²) in [5, 5.41) is 20.5. The van der Waals surface area contributed by atoms with Gasteiger partial charge >= 0.3 is 0 Å². The van der Waals surface area contributed by atoms with Crippen LogP contribution in [0.1, 0.15) is 18.4 Å². The number of ether oxygens (including phenoxy) is 3. The molecule has 3 aliphatic rings. The van der Waals surface area contributed by atoms with Crippen molar-refractivity contribution in [2.24, 2.45) is 0 Å². The van der Waals surface area contributed by atoms with Gasteiger partial charge in [-0.1, -0.05) is 24.3 Å². The highest BCUT2D eigenvalue weighted by molar-refractivity contribution is 5.80. The fourth-order valence-corrected chi connectivity index (χ4v) is 4.60. The van der Waals surface area contributed by atoms with Gasteiger partial charge in [0.1, 0.15) is 24.0 Å². The number of aliphatic hydroxyl groups excluding tert-OH is 2. The van der Waals surface area contributed by atoms with Gasteiger partial charge in [0.15, 0.2) is 12.0 Å². The smallest absolute Gasteiger partial charge is 0.193 e. The van der Waals surface area contributed by atoms with Crippen molar-refractivity contribution in [1.82, 2.24) is 9.97 Å². The Bertz CT molecular complexity index is 1070. The number of nitrogens with zero attached hydrogens (tertiary/aromatic N) is 1. The zero-order valence-electron chi connectivity index (χ0n) is 16.5. The maximum atomic E-state index is 9.88. The lowest BCUT2D eigenvalue weighted by Gasteiger charge is -2.16. The summed E-state index contributed by atoms with van der Waals surface area (Å²) in [7, 11) is 0. The van der Waals surface area contributed by atoms with Crippen LogP contribution in [-0.4, -0.2) is 64.4 Å². The van der Waals surface area contributed by atoms with Gasteiger partial charge in [0.2, 0.25) is 0 Å². The molecule has 0 radical (unpaired) electrons. The Kier molecular flexibility index (Phi) is 4.14. The molecule has 4 atom stereocenters. The zero-order chi connectivity index (χ0) is 20.3.